The molecule has 0 aliphatic carbocycles. The molecular formula is C27H30N2O4. The van der Waals surface area contributed by atoms with Gasteiger partial charge in [-0.15, -0.1) is 0 Å². The Morgan fingerprint density at radius 1 is 0.848 bits per heavy atom. The number of carbonyl (C=O) groups excluding carboxylic acids is 2. The summed E-state index contributed by atoms with van der Waals surface area (Å²) in [6.45, 7) is 2.46. The van der Waals surface area contributed by atoms with Gasteiger partial charge in [-0.2, -0.15) is 0 Å². The molecule has 3 rings (SSSR count). The largest absolute Gasteiger partial charge is 0.497 e. The van der Waals surface area contributed by atoms with Gasteiger partial charge in [-0.1, -0.05) is 60.7 Å². The Balaban J connectivity index is 1.87. The first-order chi connectivity index (χ1) is 16.1. The summed E-state index contributed by atoms with van der Waals surface area (Å²) in [6, 6.07) is 25.7. The minimum Gasteiger partial charge on any atom is -0.497 e. The third-order valence-electron chi connectivity index (χ3n) is 5.24. The van der Waals surface area contributed by atoms with E-state index in [1.807, 2.05) is 79.7 Å². The van der Waals surface area contributed by atoms with E-state index in [0.717, 1.165) is 16.9 Å². The number of para-hydroxylation sites is 1. The van der Waals surface area contributed by atoms with Crippen LogP contribution in [0.15, 0.2) is 84.9 Å². The highest BCUT2D eigenvalue weighted by Crippen LogP contribution is 2.18. The Morgan fingerprint density at radius 3 is 2.09 bits per heavy atom. The molecule has 0 aliphatic rings. The van der Waals surface area contributed by atoms with E-state index in [4.69, 9.17) is 9.47 Å². The number of nitrogens with one attached hydrogen (secondary N) is 1. The molecule has 2 amide bonds. The summed E-state index contributed by atoms with van der Waals surface area (Å²) in [4.78, 5) is 28.1. The summed E-state index contributed by atoms with van der Waals surface area (Å²) in [5.41, 5.74) is 1.87. The molecule has 0 heterocycles. The van der Waals surface area contributed by atoms with Gasteiger partial charge in [0.25, 0.3) is 5.91 Å². The second kappa shape index (κ2) is 12.3. The highest BCUT2D eigenvalue weighted by atomic mass is 16.5. The minimum atomic E-state index is -0.679. The molecule has 0 fully saturated rings. The number of methoxy groups -OCH3 is 1. The Hall–Kier alpha value is -3.80. The molecule has 0 aliphatic heterocycles. The lowest BCUT2D eigenvalue weighted by Gasteiger charge is -2.31. The van der Waals surface area contributed by atoms with Crippen LogP contribution in [-0.4, -0.2) is 43.0 Å². The molecule has 3 aromatic rings. The summed E-state index contributed by atoms with van der Waals surface area (Å²) in [5.74, 6) is 0.881. The SMILES string of the molecule is CCNC(=O)[C@H](Cc1ccccc1)N(Cc1ccc(OC)cc1)C(=O)COc1ccccc1. The van der Waals surface area contributed by atoms with Gasteiger partial charge >= 0.3 is 0 Å². The van der Waals surface area contributed by atoms with Gasteiger partial charge in [-0.25, -0.2) is 0 Å². The Labute approximate surface area is 195 Å². The number of benzene rings is 3. The van der Waals surface area contributed by atoms with Crippen LogP contribution in [0.4, 0.5) is 0 Å². The maximum Gasteiger partial charge on any atom is 0.261 e. The maximum atomic E-state index is 13.4. The number of likely N-dealkylation sites (N-methyl/N-ethyl adjacent to an activating group) is 1. The third kappa shape index (κ3) is 7.10. The van der Waals surface area contributed by atoms with Crippen LogP contribution in [0, 0.1) is 0 Å². The second-order valence-electron chi connectivity index (χ2n) is 7.57. The highest BCUT2D eigenvalue weighted by Gasteiger charge is 2.30. The first-order valence-electron chi connectivity index (χ1n) is 11.0. The highest BCUT2D eigenvalue weighted by molar-refractivity contribution is 5.88. The van der Waals surface area contributed by atoms with Gasteiger partial charge in [0.05, 0.1) is 7.11 Å². The number of nitrogens with zero attached hydrogens (tertiary/aromatic N) is 1. The van der Waals surface area contributed by atoms with Crippen LogP contribution < -0.4 is 14.8 Å². The van der Waals surface area contributed by atoms with Crippen LogP contribution in [0.5, 0.6) is 11.5 Å². The van der Waals surface area contributed by atoms with Crippen molar-refractivity contribution in [2.75, 3.05) is 20.3 Å². The van der Waals surface area contributed by atoms with Crippen molar-refractivity contribution >= 4 is 11.8 Å². The summed E-state index contributed by atoms with van der Waals surface area (Å²) < 4.78 is 11.0. The van der Waals surface area contributed by atoms with Crippen LogP contribution >= 0.6 is 0 Å². The van der Waals surface area contributed by atoms with Crippen molar-refractivity contribution in [2.24, 2.45) is 0 Å². The van der Waals surface area contributed by atoms with Crippen LogP contribution in [-0.2, 0) is 22.6 Å². The topological polar surface area (TPSA) is 67.9 Å². The first kappa shape index (κ1) is 23.9. The average molecular weight is 447 g/mol. The number of ether oxygens (including phenoxy) is 2. The van der Waals surface area contributed by atoms with Crippen molar-refractivity contribution in [2.45, 2.75) is 25.9 Å². The maximum absolute atomic E-state index is 13.4. The number of rotatable bonds is 11. The molecule has 0 unspecified atom stereocenters. The van der Waals surface area contributed by atoms with Gasteiger partial charge in [0.2, 0.25) is 5.91 Å². The lowest BCUT2D eigenvalue weighted by Crippen LogP contribution is -2.51. The fraction of sp³-hybridized carbons (Fsp3) is 0.259. The van der Waals surface area contributed by atoms with E-state index in [1.54, 1.807) is 24.1 Å². The van der Waals surface area contributed by atoms with Crippen molar-refractivity contribution < 1.29 is 19.1 Å². The monoisotopic (exact) mass is 446 g/mol. The van der Waals surface area contributed by atoms with Gasteiger partial charge in [-0.3, -0.25) is 9.59 Å². The Kier molecular flexibility index (Phi) is 8.88. The van der Waals surface area contributed by atoms with Gasteiger partial charge in [0.15, 0.2) is 6.61 Å². The zero-order valence-electron chi connectivity index (χ0n) is 19.1. The molecule has 6 nitrogen and oxygen atoms in total. The summed E-state index contributed by atoms with van der Waals surface area (Å²) in [7, 11) is 1.61. The number of hydrogen-bond acceptors (Lipinski definition) is 4. The predicted molar refractivity (Wildman–Crippen MR) is 128 cm³/mol. The predicted octanol–water partition coefficient (Wildman–Crippen LogP) is 3.85. The van der Waals surface area contributed by atoms with Gasteiger partial charge in [0, 0.05) is 19.5 Å². The molecule has 0 saturated heterocycles. The molecule has 33 heavy (non-hydrogen) atoms. The summed E-state index contributed by atoms with van der Waals surface area (Å²) in [6.07, 6.45) is 0.403. The smallest absolute Gasteiger partial charge is 0.261 e. The number of carbonyl (C=O) groups is 2. The van der Waals surface area contributed by atoms with E-state index < -0.39 is 6.04 Å². The fourth-order valence-electron chi connectivity index (χ4n) is 3.52. The molecule has 0 bridgehead atoms. The second-order valence-corrected chi connectivity index (χ2v) is 7.57. The molecule has 0 spiro atoms. The van der Waals surface area contributed by atoms with E-state index in [1.165, 1.54) is 0 Å². The first-order valence-corrected chi connectivity index (χ1v) is 11.0. The standard InChI is InChI=1S/C27H30N2O4/c1-3-28-27(31)25(18-21-10-6-4-7-11-21)29(19-22-14-16-23(32-2)17-15-22)26(30)20-33-24-12-8-5-9-13-24/h4-17,25H,3,18-20H2,1-2H3,(H,28,31)/t25-/m0/s1. The Bertz CT molecular complexity index is 1010. The summed E-state index contributed by atoms with van der Waals surface area (Å²) >= 11 is 0. The lowest BCUT2D eigenvalue weighted by molar-refractivity contribution is -0.142. The summed E-state index contributed by atoms with van der Waals surface area (Å²) in [5, 5.41) is 2.89. The molecule has 1 atom stereocenters. The normalized spacial score (nSPS) is 11.3. The zero-order chi connectivity index (χ0) is 23.5. The van der Waals surface area contributed by atoms with E-state index in [0.29, 0.717) is 18.7 Å². The van der Waals surface area contributed by atoms with E-state index in [9.17, 15) is 9.59 Å². The molecule has 6 heteroatoms. The van der Waals surface area contributed by atoms with Crippen molar-refractivity contribution in [3.63, 3.8) is 0 Å². The molecule has 172 valence electrons. The average Bonchev–Trinajstić information content (AvgIpc) is 2.86. The molecule has 1 N–H and O–H groups in total. The quantitative estimate of drug-likeness (QED) is 0.486. The third-order valence-corrected chi connectivity index (χ3v) is 5.24. The number of hydrogen-bond donors (Lipinski definition) is 1. The molecular weight excluding hydrogens is 416 g/mol. The van der Waals surface area contributed by atoms with Crippen molar-refractivity contribution in [3.8, 4) is 11.5 Å². The molecule has 0 aromatic heterocycles. The molecule has 0 saturated carbocycles. The van der Waals surface area contributed by atoms with Crippen LogP contribution in [0.3, 0.4) is 0 Å². The van der Waals surface area contributed by atoms with Crippen LogP contribution in [0.2, 0.25) is 0 Å². The van der Waals surface area contributed by atoms with E-state index >= 15 is 0 Å². The van der Waals surface area contributed by atoms with Crippen molar-refractivity contribution in [3.05, 3.63) is 96.1 Å². The lowest BCUT2D eigenvalue weighted by atomic mass is 10.0. The van der Waals surface area contributed by atoms with Crippen LogP contribution in [0.1, 0.15) is 18.1 Å². The van der Waals surface area contributed by atoms with Crippen molar-refractivity contribution in [1.29, 1.82) is 0 Å². The van der Waals surface area contributed by atoms with Gasteiger partial charge in [-0.05, 0) is 42.3 Å². The van der Waals surface area contributed by atoms with E-state index in [-0.39, 0.29) is 25.0 Å². The van der Waals surface area contributed by atoms with E-state index in [2.05, 4.69) is 5.32 Å². The molecule has 3 aromatic carbocycles. The molecule has 0 radical (unpaired) electrons. The zero-order valence-corrected chi connectivity index (χ0v) is 19.1. The minimum absolute atomic E-state index is 0.162. The fourth-order valence-corrected chi connectivity index (χ4v) is 3.52. The van der Waals surface area contributed by atoms with Gasteiger partial charge in [0.1, 0.15) is 17.5 Å². The number of amides is 2. The Morgan fingerprint density at radius 2 is 1.48 bits per heavy atom. The van der Waals surface area contributed by atoms with Crippen LogP contribution in [0.25, 0.3) is 0 Å². The van der Waals surface area contributed by atoms with Gasteiger partial charge < -0.3 is 19.7 Å². The van der Waals surface area contributed by atoms with Crippen molar-refractivity contribution in [1.82, 2.24) is 10.2 Å².